The van der Waals surface area contributed by atoms with E-state index in [0.29, 0.717) is 17.5 Å². The third-order valence-electron chi connectivity index (χ3n) is 6.33. The molecular formula is C24H31ClN4OS. The highest BCUT2D eigenvalue weighted by Gasteiger charge is 2.31. The van der Waals surface area contributed by atoms with Crippen LogP contribution in [-0.2, 0) is 10.2 Å². The summed E-state index contributed by atoms with van der Waals surface area (Å²) in [4.78, 5) is 17.3. The summed E-state index contributed by atoms with van der Waals surface area (Å²) < 4.78 is 0. The Hall–Kier alpha value is -2.02. The second-order valence-electron chi connectivity index (χ2n) is 8.84. The fourth-order valence-electron chi connectivity index (χ4n) is 4.08. The van der Waals surface area contributed by atoms with E-state index in [1.165, 1.54) is 0 Å². The minimum absolute atomic E-state index is 0.00294. The summed E-state index contributed by atoms with van der Waals surface area (Å²) >= 11 is 11.7. The molecule has 0 bridgehead atoms. The average Bonchev–Trinajstić information content (AvgIpc) is 2.78. The molecule has 3 rings (SSSR count). The molecule has 1 fully saturated rings. The topological polar surface area (TPSA) is 80.0 Å². The normalized spacial score (nSPS) is 20.0. The predicted molar refractivity (Wildman–Crippen MR) is 131 cm³/mol. The summed E-state index contributed by atoms with van der Waals surface area (Å²) in [6.07, 6.45) is 6.97. The fraction of sp³-hybridized carbons (Fsp3) is 0.458. The molecular weight excluding hydrogens is 428 g/mol. The monoisotopic (exact) mass is 458 g/mol. The average molecular weight is 459 g/mol. The maximum Gasteiger partial charge on any atom is 0.227 e. The number of hydrogen-bond acceptors (Lipinski definition) is 4. The molecule has 1 aromatic heterocycles. The quantitative estimate of drug-likeness (QED) is 0.524. The van der Waals surface area contributed by atoms with Gasteiger partial charge < -0.3 is 16.4 Å². The summed E-state index contributed by atoms with van der Waals surface area (Å²) in [7, 11) is 0. The van der Waals surface area contributed by atoms with Gasteiger partial charge >= 0.3 is 0 Å². The Morgan fingerprint density at radius 3 is 2.39 bits per heavy atom. The SMILES string of the molecule is CC(C)(C(=S)NCC(N)C1CCC(C(=O)Nc2ccncc2)CC1)c1ccc(Cl)cc1. The number of benzene rings is 1. The zero-order valence-electron chi connectivity index (χ0n) is 18.1. The number of amides is 1. The number of halogens is 1. The minimum atomic E-state index is -0.303. The smallest absolute Gasteiger partial charge is 0.227 e. The Morgan fingerprint density at radius 1 is 1.16 bits per heavy atom. The number of nitrogens with zero attached hydrogens (tertiary/aromatic N) is 1. The molecule has 1 unspecified atom stereocenters. The Morgan fingerprint density at radius 2 is 1.77 bits per heavy atom. The Kier molecular flexibility index (Phi) is 8.03. The van der Waals surface area contributed by atoms with Gasteiger partial charge in [0, 0.05) is 47.0 Å². The first-order chi connectivity index (χ1) is 14.8. The van der Waals surface area contributed by atoms with Crippen molar-refractivity contribution in [3.8, 4) is 0 Å². The van der Waals surface area contributed by atoms with Crippen molar-refractivity contribution < 1.29 is 4.79 Å². The maximum atomic E-state index is 12.5. The van der Waals surface area contributed by atoms with E-state index in [2.05, 4.69) is 29.5 Å². The van der Waals surface area contributed by atoms with E-state index >= 15 is 0 Å². The lowest BCUT2D eigenvalue weighted by atomic mass is 9.78. The number of rotatable bonds is 7. The summed E-state index contributed by atoms with van der Waals surface area (Å²) in [6.45, 7) is 4.84. The third-order valence-corrected chi connectivity index (χ3v) is 7.23. The molecule has 1 heterocycles. The van der Waals surface area contributed by atoms with Crippen LogP contribution in [0.15, 0.2) is 48.8 Å². The summed E-state index contributed by atoms with van der Waals surface area (Å²) in [5.41, 5.74) is 8.10. The van der Waals surface area contributed by atoms with E-state index in [4.69, 9.17) is 29.6 Å². The van der Waals surface area contributed by atoms with Crippen LogP contribution in [0.1, 0.15) is 45.1 Å². The van der Waals surface area contributed by atoms with Gasteiger partial charge in [-0.05, 0) is 75.3 Å². The van der Waals surface area contributed by atoms with Gasteiger partial charge in [0.05, 0.1) is 4.99 Å². The maximum absolute atomic E-state index is 12.5. The van der Waals surface area contributed by atoms with Gasteiger partial charge in [-0.25, -0.2) is 0 Å². The van der Waals surface area contributed by atoms with Gasteiger partial charge in [-0.2, -0.15) is 0 Å². The molecule has 0 aliphatic heterocycles. The zero-order chi connectivity index (χ0) is 22.4. The predicted octanol–water partition coefficient (Wildman–Crippen LogP) is 4.70. The molecule has 1 aromatic carbocycles. The summed E-state index contributed by atoms with van der Waals surface area (Å²) in [5.74, 6) is 0.510. The Bertz CT molecular complexity index is 880. The van der Waals surface area contributed by atoms with Crippen molar-refractivity contribution in [1.29, 1.82) is 0 Å². The largest absolute Gasteiger partial charge is 0.377 e. The number of carbonyl (C=O) groups is 1. The van der Waals surface area contributed by atoms with Gasteiger partial charge in [-0.15, -0.1) is 0 Å². The van der Waals surface area contributed by atoms with Gasteiger partial charge in [0.25, 0.3) is 0 Å². The van der Waals surface area contributed by atoms with Crippen molar-refractivity contribution in [2.45, 2.75) is 51.0 Å². The molecule has 2 aromatic rings. The fourth-order valence-corrected chi connectivity index (χ4v) is 4.41. The van der Waals surface area contributed by atoms with Crippen molar-refractivity contribution in [2.24, 2.45) is 17.6 Å². The first-order valence-electron chi connectivity index (χ1n) is 10.8. The van der Waals surface area contributed by atoms with Gasteiger partial charge in [-0.1, -0.05) is 36.0 Å². The molecule has 1 atom stereocenters. The molecule has 7 heteroatoms. The molecule has 31 heavy (non-hydrogen) atoms. The van der Waals surface area contributed by atoms with Crippen molar-refractivity contribution >= 4 is 40.4 Å². The number of nitrogens with one attached hydrogen (secondary N) is 2. The first-order valence-corrected chi connectivity index (χ1v) is 11.6. The molecule has 4 N–H and O–H groups in total. The Balaban J connectivity index is 1.45. The van der Waals surface area contributed by atoms with Gasteiger partial charge in [0.2, 0.25) is 5.91 Å². The molecule has 1 aliphatic carbocycles. The highest BCUT2D eigenvalue weighted by atomic mass is 35.5. The minimum Gasteiger partial charge on any atom is -0.377 e. The standard InChI is InChI=1S/C24H31ClN4OS/c1-24(2,18-7-9-19(25)10-8-18)23(31)28-15-21(26)16-3-5-17(6-4-16)22(30)29-20-11-13-27-14-12-20/h7-14,16-17,21H,3-6,15,26H2,1-2H3,(H,28,31)(H,27,29,30). The van der Waals surface area contributed by atoms with Crippen LogP contribution in [0.2, 0.25) is 5.02 Å². The molecule has 1 amide bonds. The number of carbonyl (C=O) groups excluding carboxylic acids is 1. The molecule has 1 saturated carbocycles. The number of nitrogens with two attached hydrogens (primary N) is 1. The van der Waals surface area contributed by atoms with E-state index in [-0.39, 0.29) is 23.3 Å². The van der Waals surface area contributed by atoms with Crippen LogP contribution in [0.3, 0.4) is 0 Å². The van der Waals surface area contributed by atoms with Crippen LogP contribution < -0.4 is 16.4 Å². The molecule has 0 radical (unpaired) electrons. The lowest BCUT2D eigenvalue weighted by molar-refractivity contribution is -0.121. The van der Waals surface area contributed by atoms with E-state index in [0.717, 1.165) is 41.9 Å². The lowest BCUT2D eigenvalue weighted by Crippen LogP contribution is -2.47. The van der Waals surface area contributed by atoms with Crippen LogP contribution in [0.5, 0.6) is 0 Å². The van der Waals surface area contributed by atoms with Crippen LogP contribution in [0, 0.1) is 11.8 Å². The molecule has 1 aliphatic rings. The number of pyridine rings is 1. The molecule has 166 valence electrons. The van der Waals surface area contributed by atoms with Crippen molar-refractivity contribution in [1.82, 2.24) is 10.3 Å². The summed E-state index contributed by atoms with van der Waals surface area (Å²) in [5, 5.41) is 7.08. The number of thiocarbonyl (C=S) groups is 1. The van der Waals surface area contributed by atoms with Crippen molar-refractivity contribution in [3.63, 3.8) is 0 Å². The van der Waals surface area contributed by atoms with E-state index < -0.39 is 0 Å². The van der Waals surface area contributed by atoms with E-state index in [1.54, 1.807) is 24.5 Å². The summed E-state index contributed by atoms with van der Waals surface area (Å²) in [6, 6.07) is 11.4. The second-order valence-corrected chi connectivity index (χ2v) is 9.69. The third kappa shape index (κ3) is 6.25. The van der Waals surface area contributed by atoms with Crippen molar-refractivity contribution in [2.75, 3.05) is 11.9 Å². The molecule has 0 saturated heterocycles. The molecule has 0 spiro atoms. The van der Waals surface area contributed by atoms with Crippen molar-refractivity contribution in [3.05, 3.63) is 59.4 Å². The van der Waals surface area contributed by atoms with Gasteiger partial charge in [0.1, 0.15) is 0 Å². The number of hydrogen-bond donors (Lipinski definition) is 3. The van der Waals surface area contributed by atoms with Crippen LogP contribution >= 0.6 is 23.8 Å². The lowest BCUT2D eigenvalue weighted by Gasteiger charge is -2.33. The number of anilines is 1. The Labute approximate surface area is 195 Å². The second kappa shape index (κ2) is 10.5. The molecule has 5 nitrogen and oxygen atoms in total. The van der Waals surface area contributed by atoms with Crippen LogP contribution in [-0.4, -0.2) is 28.5 Å². The van der Waals surface area contributed by atoms with Crippen LogP contribution in [0.25, 0.3) is 0 Å². The zero-order valence-corrected chi connectivity index (χ0v) is 19.7. The number of aromatic nitrogens is 1. The highest BCUT2D eigenvalue weighted by molar-refractivity contribution is 7.80. The highest BCUT2D eigenvalue weighted by Crippen LogP contribution is 2.31. The van der Waals surface area contributed by atoms with E-state index in [9.17, 15) is 4.79 Å². The first kappa shape index (κ1) is 23.6. The van der Waals surface area contributed by atoms with Crippen LogP contribution in [0.4, 0.5) is 5.69 Å². The van der Waals surface area contributed by atoms with Gasteiger partial charge in [0.15, 0.2) is 0 Å². The van der Waals surface area contributed by atoms with Gasteiger partial charge in [-0.3, -0.25) is 9.78 Å². The van der Waals surface area contributed by atoms with E-state index in [1.807, 2.05) is 24.3 Å².